The molecule has 1 aliphatic rings. The van der Waals surface area contributed by atoms with E-state index in [0.29, 0.717) is 32.1 Å². The summed E-state index contributed by atoms with van der Waals surface area (Å²) in [6.45, 7) is 1.93. The van der Waals surface area contributed by atoms with Crippen LogP contribution in [0, 0.1) is 0 Å². The van der Waals surface area contributed by atoms with E-state index in [1.165, 1.54) is 29.1 Å². The van der Waals surface area contributed by atoms with E-state index in [9.17, 15) is 18.0 Å². The van der Waals surface area contributed by atoms with Crippen LogP contribution in [0.3, 0.4) is 0 Å². The first-order valence-corrected chi connectivity index (χ1v) is 9.28. The Morgan fingerprint density at radius 3 is 2.40 bits per heavy atom. The van der Waals surface area contributed by atoms with Crippen molar-refractivity contribution in [3.8, 4) is 0 Å². The van der Waals surface area contributed by atoms with Gasteiger partial charge in [0.15, 0.2) is 5.69 Å². The molecule has 4 rings (SSSR count). The molecule has 1 saturated heterocycles. The molecule has 3 heterocycles. The number of carbonyl (C=O) groups is 1. The van der Waals surface area contributed by atoms with Gasteiger partial charge in [0.2, 0.25) is 5.95 Å². The Bertz CT molecular complexity index is 1010. The molecule has 0 unspecified atom stereocenters. The van der Waals surface area contributed by atoms with Crippen molar-refractivity contribution in [2.75, 3.05) is 31.1 Å². The Morgan fingerprint density at radius 1 is 1.00 bits per heavy atom. The molecule has 0 N–H and O–H groups in total. The van der Waals surface area contributed by atoms with Gasteiger partial charge >= 0.3 is 6.18 Å². The van der Waals surface area contributed by atoms with Crippen molar-refractivity contribution in [2.24, 2.45) is 0 Å². The fourth-order valence-corrected chi connectivity index (χ4v) is 3.31. The predicted octanol–water partition coefficient (Wildman–Crippen LogP) is 2.10. The van der Waals surface area contributed by atoms with E-state index in [4.69, 9.17) is 0 Å². The van der Waals surface area contributed by atoms with Crippen molar-refractivity contribution in [1.29, 1.82) is 0 Å². The summed E-state index contributed by atoms with van der Waals surface area (Å²) in [5.74, 6) is 0.304. The lowest BCUT2D eigenvalue weighted by Crippen LogP contribution is -2.49. The van der Waals surface area contributed by atoms with E-state index < -0.39 is 11.7 Å². The fraction of sp³-hybridized carbons (Fsp3) is 0.316. The summed E-state index contributed by atoms with van der Waals surface area (Å²) in [4.78, 5) is 24.7. The van der Waals surface area contributed by atoms with Crippen LogP contribution >= 0.6 is 0 Å². The van der Waals surface area contributed by atoms with Crippen LogP contribution < -0.4 is 4.90 Å². The molecule has 0 radical (unpaired) electrons. The first-order valence-electron chi connectivity index (χ1n) is 9.28. The second-order valence-corrected chi connectivity index (χ2v) is 6.78. The number of aromatic nitrogens is 5. The maximum Gasteiger partial charge on any atom is 0.416 e. The average molecular weight is 417 g/mol. The molecule has 1 fully saturated rings. The summed E-state index contributed by atoms with van der Waals surface area (Å²) in [5.41, 5.74) is -0.568. The minimum Gasteiger partial charge on any atom is -0.337 e. The number of amides is 1. The van der Waals surface area contributed by atoms with Gasteiger partial charge in [-0.15, -0.1) is 5.10 Å². The van der Waals surface area contributed by atoms with E-state index >= 15 is 0 Å². The van der Waals surface area contributed by atoms with Gasteiger partial charge < -0.3 is 9.80 Å². The first kappa shape index (κ1) is 19.8. The Hall–Kier alpha value is -3.50. The highest BCUT2D eigenvalue weighted by Crippen LogP contribution is 2.32. The molecule has 0 aliphatic carbocycles. The molecule has 0 bridgehead atoms. The van der Waals surface area contributed by atoms with Gasteiger partial charge in [0.1, 0.15) is 0 Å². The molecule has 1 aliphatic heterocycles. The molecule has 1 amide bonds. The highest BCUT2D eigenvalue weighted by molar-refractivity contribution is 5.92. The number of alkyl halides is 3. The second-order valence-electron chi connectivity index (χ2n) is 6.78. The lowest BCUT2D eigenvalue weighted by molar-refractivity contribution is -0.138. The molecule has 0 saturated carbocycles. The molecular formula is C19H18F3N7O. The third-order valence-electron chi connectivity index (χ3n) is 4.81. The zero-order valence-electron chi connectivity index (χ0n) is 15.8. The summed E-state index contributed by atoms with van der Waals surface area (Å²) in [6.07, 6.45) is 0.240. The summed E-state index contributed by atoms with van der Waals surface area (Å²) >= 11 is 0. The van der Waals surface area contributed by atoms with Gasteiger partial charge in [0, 0.05) is 38.6 Å². The molecule has 0 spiro atoms. The summed E-state index contributed by atoms with van der Waals surface area (Å²) in [7, 11) is 0. The number of hydrogen-bond donors (Lipinski definition) is 0. The van der Waals surface area contributed by atoms with Crippen molar-refractivity contribution in [3.05, 3.63) is 65.7 Å². The monoisotopic (exact) mass is 417 g/mol. The van der Waals surface area contributed by atoms with Crippen LogP contribution in [0.4, 0.5) is 19.1 Å². The molecule has 11 heteroatoms. The Balaban J connectivity index is 1.41. The smallest absolute Gasteiger partial charge is 0.337 e. The van der Waals surface area contributed by atoms with E-state index in [0.717, 1.165) is 6.07 Å². The lowest BCUT2D eigenvalue weighted by atomic mass is 10.1. The molecular weight excluding hydrogens is 399 g/mol. The number of halogens is 3. The van der Waals surface area contributed by atoms with Gasteiger partial charge in [-0.25, -0.2) is 14.6 Å². The van der Waals surface area contributed by atoms with Gasteiger partial charge in [-0.3, -0.25) is 4.79 Å². The third kappa shape index (κ3) is 4.24. The van der Waals surface area contributed by atoms with Crippen molar-refractivity contribution in [2.45, 2.75) is 12.7 Å². The number of carbonyl (C=O) groups excluding carboxylic acids is 1. The Morgan fingerprint density at radius 2 is 1.70 bits per heavy atom. The van der Waals surface area contributed by atoms with Crippen LogP contribution in [0.2, 0.25) is 0 Å². The summed E-state index contributed by atoms with van der Waals surface area (Å²) < 4.78 is 40.7. The standard InChI is InChI=1S/C19H18F3N7O/c20-19(21,22)15-5-2-1-4-14(15)12-29-13-16(25-26-29)17(30)27-8-10-28(11-9-27)18-23-6-3-7-24-18/h1-7,13H,8-12H2. The quantitative estimate of drug-likeness (QED) is 0.647. The molecule has 0 atom stereocenters. The number of benzene rings is 1. The van der Waals surface area contributed by atoms with Gasteiger partial charge in [-0.2, -0.15) is 13.2 Å². The van der Waals surface area contributed by atoms with Crippen LogP contribution in [-0.4, -0.2) is 61.9 Å². The lowest BCUT2D eigenvalue weighted by Gasteiger charge is -2.34. The van der Waals surface area contributed by atoms with Crippen molar-refractivity contribution >= 4 is 11.9 Å². The zero-order valence-corrected chi connectivity index (χ0v) is 15.8. The molecule has 2 aromatic heterocycles. The summed E-state index contributed by atoms with van der Waals surface area (Å²) in [5, 5.41) is 7.69. The molecule has 156 valence electrons. The molecule has 30 heavy (non-hydrogen) atoms. The van der Waals surface area contributed by atoms with Gasteiger partial charge in [-0.1, -0.05) is 23.4 Å². The summed E-state index contributed by atoms with van der Waals surface area (Å²) in [6, 6.07) is 7.01. The van der Waals surface area contributed by atoms with Crippen LogP contribution in [0.25, 0.3) is 0 Å². The number of hydrogen-bond acceptors (Lipinski definition) is 6. The van der Waals surface area contributed by atoms with Gasteiger partial charge in [0.25, 0.3) is 5.91 Å². The third-order valence-corrected chi connectivity index (χ3v) is 4.81. The molecule has 1 aromatic carbocycles. The van der Waals surface area contributed by atoms with E-state index in [1.807, 2.05) is 4.90 Å². The van der Waals surface area contributed by atoms with E-state index in [-0.39, 0.29) is 23.7 Å². The van der Waals surface area contributed by atoms with E-state index in [1.54, 1.807) is 23.4 Å². The highest BCUT2D eigenvalue weighted by atomic mass is 19.4. The maximum absolute atomic E-state index is 13.2. The normalized spacial score (nSPS) is 14.8. The van der Waals surface area contributed by atoms with Gasteiger partial charge in [0.05, 0.1) is 18.3 Å². The topological polar surface area (TPSA) is 80.0 Å². The minimum absolute atomic E-state index is 0.0605. The largest absolute Gasteiger partial charge is 0.416 e. The van der Waals surface area contributed by atoms with Crippen molar-refractivity contribution in [3.63, 3.8) is 0 Å². The number of nitrogens with zero attached hydrogens (tertiary/aromatic N) is 7. The Kier molecular flexibility index (Phi) is 5.34. The SMILES string of the molecule is O=C(c1cn(Cc2ccccc2C(F)(F)F)nn1)N1CCN(c2ncccn2)CC1. The average Bonchev–Trinajstić information content (AvgIpc) is 3.22. The first-order chi connectivity index (χ1) is 14.4. The Labute approximate surface area is 170 Å². The number of anilines is 1. The van der Waals surface area contributed by atoms with Crippen LogP contribution in [0.15, 0.2) is 48.9 Å². The van der Waals surface area contributed by atoms with Gasteiger partial charge in [-0.05, 0) is 17.7 Å². The van der Waals surface area contributed by atoms with E-state index in [2.05, 4.69) is 20.3 Å². The van der Waals surface area contributed by atoms with Crippen LogP contribution in [0.1, 0.15) is 21.6 Å². The highest BCUT2D eigenvalue weighted by Gasteiger charge is 2.33. The number of piperazine rings is 1. The molecule has 3 aromatic rings. The zero-order chi connectivity index (χ0) is 21.1. The predicted molar refractivity (Wildman–Crippen MR) is 101 cm³/mol. The fourth-order valence-electron chi connectivity index (χ4n) is 3.31. The van der Waals surface area contributed by atoms with Crippen molar-refractivity contribution in [1.82, 2.24) is 29.9 Å². The maximum atomic E-state index is 13.2. The van der Waals surface area contributed by atoms with Crippen molar-refractivity contribution < 1.29 is 18.0 Å². The second kappa shape index (κ2) is 8.09. The molecule has 8 nitrogen and oxygen atoms in total. The van der Waals surface area contributed by atoms with Crippen LogP contribution in [0.5, 0.6) is 0 Å². The number of rotatable bonds is 4. The van der Waals surface area contributed by atoms with Crippen LogP contribution in [-0.2, 0) is 12.7 Å². The minimum atomic E-state index is -4.46.